The van der Waals surface area contributed by atoms with Gasteiger partial charge in [0.15, 0.2) is 0 Å². The molecule has 0 saturated carbocycles. The van der Waals surface area contributed by atoms with E-state index in [0.717, 1.165) is 23.4 Å². The van der Waals surface area contributed by atoms with Crippen molar-refractivity contribution in [3.05, 3.63) is 53.7 Å². The molecule has 1 heterocycles. The van der Waals surface area contributed by atoms with Crippen molar-refractivity contribution >= 4 is 5.69 Å². The summed E-state index contributed by atoms with van der Waals surface area (Å²) in [4.78, 5) is 2.05. The standard InChI is InChI=1S/C16H21FN2O/c1-3-14(18)10-12-9-13(17)6-7-16(12)19(2)11-15-5-4-8-20-15/h4-9,14H,3,10-11,18H2,1-2H3. The van der Waals surface area contributed by atoms with Gasteiger partial charge in [-0.15, -0.1) is 0 Å². The van der Waals surface area contributed by atoms with E-state index in [9.17, 15) is 4.39 Å². The fraction of sp³-hybridized carbons (Fsp3) is 0.375. The highest BCUT2D eigenvalue weighted by Gasteiger charge is 2.12. The molecule has 3 nitrogen and oxygen atoms in total. The van der Waals surface area contributed by atoms with E-state index in [1.165, 1.54) is 6.07 Å². The normalized spacial score (nSPS) is 12.4. The molecule has 0 aliphatic rings. The quantitative estimate of drug-likeness (QED) is 0.880. The monoisotopic (exact) mass is 276 g/mol. The maximum atomic E-state index is 13.5. The lowest BCUT2D eigenvalue weighted by molar-refractivity contribution is 0.507. The van der Waals surface area contributed by atoms with Gasteiger partial charge in [-0.25, -0.2) is 4.39 Å². The van der Waals surface area contributed by atoms with Crippen LogP contribution < -0.4 is 10.6 Å². The molecule has 20 heavy (non-hydrogen) atoms. The lowest BCUT2D eigenvalue weighted by Gasteiger charge is -2.23. The molecule has 0 aliphatic heterocycles. The molecular formula is C16H21FN2O. The summed E-state index contributed by atoms with van der Waals surface area (Å²) in [6.07, 6.45) is 3.20. The summed E-state index contributed by atoms with van der Waals surface area (Å²) in [6, 6.07) is 8.70. The lowest BCUT2D eigenvalue weighted by Crippen LogP contribution is -2.24. The fourth-order valence-corrected chi connectivity index (χ4v) is 2.24. The summed E-state index contributed by atoms with van der Waals surface area (Å²) >= 11 is 0. The molecule has 0 radical (unpaired) electrons. The number of benzene rings is 1. The van der Waals surface area contributed by atoms with Gasteiger partial charge in [0.05, 0.1) is 12.8 Å². The summed E-state index contributed by atoms with van der Waals surface area (Å²) in [5, 5.41) is 0. The first-order valence-corrected chi connectivity index (χ1v) is 6.87. The lowest BCUT2D eigenvalue weighted by atomic mass is 10.0. The van der Waals surface area contributed by atoms with Crippen LogP contribution >= 0.6 is 0 Å². The molecular weight excluding hydrogens is 255 g/mol. The Morgan fingerprint density at radius 2 is 2.15 bits per heavy atom. The van der Waals surface area contributed by atoms with Gasteiger partial charge in [0.1, 0.15) is 11.6 Å². The predicted octanol–water partition coefficient (Wildman–Crippen LogP) is 3.33. The zero-order valence-electron chi connectivity index (χ0n) is 12.0. The van der Waals surface area contributed by atoms with Crippen LogP contribution in [0.25, 0.3) is 0 Å². The summed E-state index contributed by atoms with van der Waals surface area (Å²) < 4.78 is 18.8. The maximum Gasteiger partial charge on any atom is 0.123 e. The van der Waals surface area contributed by atoms with Gasteiger partial charge in [0, 0.05) is 18.8 Å². The van der Waals surface area contributed by atoms with Crippen LogP contribution in [0.15, 0.2) is 41.0 Å². The Kier molecular flexibility index (Phi) is 4.79. The van der Waals surface area contributed by atoms with Crippen molar-refractivity contribution in [2.75, 3.05) is 11.9 Å². The van der Waals surface area contributed by atoms with E-state index in [0.29, 0.717) is 13.0 Å². The van der Waals surface area contributed by atoms with E-state index < -0.39 is 0 Å². The van der Waals surface area contributed by atoms with E-state index >= 15 is 0 Å². The van der Waals surface area contributed by atoms with E-state index in [-0.39, 0.29) is 11.9 Å². The van der Waals surface area contributed by atoms with Gasteiger partial charge in [-0.1, -0.05) is 6.92 Å². The zero-order chi connectivity index (χ0) is 14.5. The molecule has 0 saturated heterocycles. The highest BCUT2D eigenvalue weighted by atomic mass is 19.1. The van der Waals surface area contributed by atoms with Crippen LogP contribution in [0.2, 0.25) is 0 Å². The van der Waals surface area contributed by atoms with E-state index in [4.69, 9.17) is 10.2 Å². The van der Waals surface area contributed by atoms with Crippen molar-refractivity contribution in [1.29, 1.82) is 0 Å². The molecule has 2 N–H and O–H groups in total. The van der Waals surface area contributed by atoms with Gasteiger partial charge in [0.25, 0.3) is 0 Å². The molecule has 4 heteroatoms. The molecule has 1 aromatic carbocycles. The van der Waals surface area contributed by atoms with Crippen molar-refractivity contribution in [1.82, 2.24) is 0 Å². The van der Waals surface area contributed by atoms with Crippen LogP contribution in [0.3, 0.4) is 0 Å². The topological polar surface area (TPSA) is 42.4 Å². The van der Waals surface area contributed by atoms with Crippen LogP contribution in [0.4, 0.5) is 10.1 Å². The van der Waals surface area contributed by atoms with E-state index in [1.807, 2.05) is 26.1 Å². The number of halogens is 1. The fourth-order valence-electron chi connectivity index (χ4n) is 2.24. The van der Waals surface area contributed by atoms with E-state index in [1.54, 1.807) is 18.4 Å². The van der Waals surface area contributed by atoms with Crippen LogP contribution in [-0.4, -0.2) is 13.1 Å². The number of nitrogens with two attached hydrogens (primary N) is 1. The van der Waals surface area contributed by atoms with Crippen LogP contribution in [0.5, 0.6) is 0 Å². The Morgan fingerprint density at radius 3 is 2.80 bits per heavy atom. The minimum Gasteiger partial charge on any atom is -0.467 e. The smallest absolute Gasteiger partial charge is 0.123 e. The summed E-state index contributed by atoms with van der Waals surface area (Å²) in [7, 11) is 1.97. The number of hydrogen-bond acceptors (Lipinski definition) is 3. The molecule has 2 aromatic rings. The third-order valence-electron chi connectivity index (χ3n) is 3.43. The first-order valence-electron chi connectivity index (χ1n) is 6.87. The number of anilines is 1. The summed E-state index contributed by atoms with van der Waals surface area (Å²) in [5.41, 5.74) is 7.93. The molecule has 2 rings (SSSR count). The van der Waals surface area contributed by atoms with Crippen molar-refractivity contribution in [2.24, 2.45) is 5.73 Å². The molecule has 1 unspecified atom stereocenters. The molecule has 1 atom stereocenters. The Bertz CT molecular complexity index is 539. The van der Waals surface area contributed by atoms with Gasteiger partial charge in [-0.3, -0.25) is 0 Å². The minimum absolute atomic E-state index is 0.0487. The highest BCUT2D eigenvalue weighted by molar-refractivity contribution is 5.53. The second-order valence-electron chi connectivity index (χ2n) is 5.08. The Morgan fingerprint density at radius 1 is 1.35 bits per heavy atom. The minimum atomic E-state index is -0.224. The second-order valence-corrected chi connectivity index (χ2v) is 5.08. The molecule has 0 spiro atoms. The molecule has 0 amide bonds. The molecule has 108 valence electrons. The summed E-state index contributed by atoms with van der Waals surface area (Å²) in [5.74, 6) is 0.654. The van der Waals surface area contributed by atoms with Crippen molar-refractivity contribution < 1.29 is 8.81 Å². The van der Waals surface area contributed by atoms with Crippen molar-refractivity contribution in [2.45, 2.75) is 32.4 Å². The Labute approximate surface area is 119 Å². The van der Waals surface area contributed by atoms with Gasteiger partial charge >= 0.3 is 0 Å². The predicted molar refractivity (Wildman–Crippen MR) is 79.2 cm³/mol. The first-order chi connectivity index (χ1) is 9.60. The van der Waals surface area contributed by atoms with Crippen LogP contribution in [0, 0.1) is 5.82 Å². The first kappa shape index (κ1) is 14.6. The Hall–Kier alpha value is -1.81. The molecule has 1 aromatic heterocycles. The van der Waals surface area contributed by atoms with Gasteiger partial charge in [0.2, 0.25) is 0 Å². The third-order valence-corrected chi connectivity index (χ3v) is 3.43. The van der Waals surface area contributed by atoms with E-state index in [2.05, 4.69) is 4.90 Å². The SMILES string of the molecule is CCC(N)Cc1cc(F)ccc1N(C)Cc1ccco1. The van der Waals surface area contributed by atoms with Gasteiger partial charge < -0.3 is 15.1 Å². The second kappa shape index (κ2) is 6.57. The summed E-state index contributed by atoms with van der Waals surface area (Å²) in [6.45, 7) is 2.68. The number of furan rings is 1. The van der Waals surface area contributed by atoms with Gasteiger partial charge in [-0.05, 0) is 48.7 Å². The molecule has 0 aliphatic carbocycles. The average molecular weight is 276 g/mol. The number of rotatable bonds is 6. The number of hydrogen-bond donors (Lipinski definition) is 1. The van der Waals surface area contributed by atoms with Gasteiger partial charge in [-0.2, -0.15) is 0 Å². The highest BCUT2D eigenvalue weighted by Crippen LogP contribution is 2.24. The van der Waals surface area contributed by atoms with Crippen molar-refractivity contribution in [3.8, 4) is 0 Å². The maximum absolute atomic E-state index is 13.5. The average Bonchev–Trinajstić information content (AvgIpc) is 2.91. The Balaban J connectivity index is 2.20. The zero-order valence-corrected chi connectivity index (χ0v) is 12.0. The molecule has 0 fully saturated rings. The molecule has 0 bridgehead atoms. The van der Waals surface area contributed by atoms with Crippen LogP contribution in [-0.2, 0) is 13.0 Å². The largest absolute Gasteiger partial charge is 0.467 e. The third kappa shape index (κ3) is 3.61. The van der Waals surface area contributed by atoms with Crippen LogP contribution in [0.1, 0.15) is 24.7 Å². The van der Waals surface area contributed by atoms with Crippen molar-refractivity contribution in [3.63, 3.8) is 0 Å². The number of nitrogens with zero attached hydrogens (tertiary/aromatic N) is 1.